The molecule has 0 amide bonds. The summed E-state index contributed by atoms with van der Waals surface area (Å²) in [6.45, 7) is -0.124. The average Bonchev–Trinajstić information content (AvgIpc) is 3.23. The van der Waals surface area contributed by atoms with Gasteiger partial charge in [-0.15, -0.1) is 11.3 Å². The molecule has 0 aliphatic carbocycles. The highest BCUT2D eigenvalue weighted by Gasteiger charge is 2.18. The molecule has 0 bridgehead atoms. The summed E-state index contributed by atoms with van der Waals surface area (Å²) in [5.41, 5.74) is 0.438. The maximum absolute atomic E-state index is 12.1. The lowest BCUT2D eigenvalue weighted by Crippen LogP contribution is -2.14. The largest absolute Gasteiger partial charge is 0.455 e. The number of carbonyl (C=O) groups is 1. The molecule has 2 heterocycles. The molecule has 3 aromatic rings. The molecule has 130 valence electrons. The van der Waals surface area contributed by atoms with Gasteiger partial charge in [0.1, 0.15) is 23.5 Å². The molecule has 25 heavy (non-hydrogen) atoms. The van der Waals surface area contributed by atoms with Crippen LogP contribution in [-0.4, -0.2) is 19.4 Å². The molecule has 0 fully saturated rings. The first-order chi connectivity index (χ1) is 11.8. The maximum Gasteiger partial charge on any atom is 0.338 e. The number of hydrogen-bond donors (Lipinski definition) is 1. The zero-order valence-electron chi connectivity index (χ0n) is 12.5. The van der Waals surface area contributed by atoms with Crippen molar-refractivity contribution in [1.82, 2.24) is 4.98 Å². The van der Waals surface area contributed by atoms with Gasteiger partial charge in [-0.3, -0.25) is 0 Å². The standard InChI is InChI=1S/C15H11ClN2O5S2/c16-11-4-3-9(6-13(11)25(17,20)21)15(19)23-8-10-7-22-14(18-10)12-2-1-5-24-12/h1-7H,8H2,(H2,17,20,21). The van der Waals surface area contributed by atoms with Crippen molar-refractivity contribution < 1.29 is 22.4 Å². The van der Waals surface area contributed by atoms with Gasteiger partial charge in [-0.2, -0.15) is 0 Å². The normalized spacial score (nSPS) is 11.4. The van der Waals surface area contributed by atoms with Crippen LogP contribution in [0.15, 0.2) is 51.3 Å². The van der Waals surface area contributed by atoms with Crippen molar-refractivity contribution in [3.63, 3.8) is 0 Å². The van der Waals surface area contributed by atoms with Crippen LogP contribution in [0.3, 0.4) is 0 Å². The molecular weight excluding hydrogens is 388 g/mol. The number of oxazole rings is 1. The highest BCUT2D eigenvalue weighted by atomic mass is 35.5. The Hall–Kier alpha value is -2.20. The number of sulfonamides is 1. The van der Waals surface area contributed by atoms with Crippen LogP contribution in [0.1, 0.15) is 16.1 Å². The van der Waals surface area contributed by atoms with Crippen molar-refractivity contribution in [3.8, 4) is 10.8 Å². The van der Waals surface area contributed by atoms with E-state index in [0.717, 1.165) is 10.9 Å². The lowest BCUT2D eigenvalue weighted by Gasteiger charge is -2.06. The minimum absolute atomic E-state index is 0.00963. The van der Waals surface area contributed by atoms with E-state index < -0.39 is 16.0 Å². The summed E-state index contributed by atoms with van der Waals surface area (Å²) in [6.07, 6.45) is 1.39. The molecule has 0 aliphatic heterocycles. The first-order valence-electron chi connectivity index (χ1n) is 6.82. The molecule has 2 N–H and O–H groups in total. The van der Waals surface area contributed by atoms with E-state index in [1.54, 1.807) is 0 Å². The van der Waals surface area contributed by atoms with Gasteiger partial charge >= 0.3 is 5.97 Å². The van der Waals surface area contributed by atoms with Crippen molar-refractivity contribution >= 4 is 38.9 Å². The van der Waals surface area contributed by atoms with E-state index in [0.29, 0.717) is 11.6 Å². The first kappa shape index (κ1) is 17.6. The Morgan fingerprint density at radius 1 is 1.36 bits per heavy atom. The number of halogens is 1. The molecule has 10 heteroatoms. The molecular formula is C15H11ClN2O5S2. The number of carbonyl (C=O) groups excluding carboxylic acids is 1. The summed E-state index contributed by atoms with van der Waals surface area (Å²) in [5, 5.41) is 6.87. The van der Waals surface area contributed by atoms with E-state index >= 15 is 0 Å². The summed E-state index contributed by atoms with van der Waals surface area (Å²) in [4.78, 5) is 16.8. The van der Waals surface area contributed by atoms with E-state index in [1.807, 2.05) is 17.5 Å². The molecule has 0 unspecified atom stereocenters. The Balaban J connectivity index is 1.71. The summed E-state index contributed by atoms with van der Waals surface area (Å²) in [6, 6.07) is 7.41. The summed E-state index contributed by atoms with van der Waals surface area (Å²) in [5.74, 6) is -0.300. The fourth-order valence-corrected chi connectivity index (χ4v) is 3.68. The van der Waals surface area contributed by atoms with Crippen LogP contribution in [0.4, 0.5) is 0 Å². The van der Waals surface area contributed by atoms with Crippen LogP contribution >= 0.6 is 22.9 Å². The lowest BCUT2D eigenvalue weighted by atomic mass is 10.2. The molecule has 0 aliphatic rings. The topological polar surface area (TPSA) is 112 Å². The number of nitrogens with zero attached hydrogens (tertiary/aromatic N) is 1. The molecule has 0 spiro atoms. The van der Waals surface area contributed by atoms with Crippen LogP contribution in [0, 0.1) is 0 Å². The number of nitrogens with two attached hydrogens (primary N) is 1. The number of esters is 1. The number of thiophene rings is 1. The summed E-state index contributed by atoms with van der Waals surface area (Å²) in [7, 11) is -4.04. The molecule has 2 aromatic heterocycles. The third kappa shape index (κ3) is 4.07. The molecule has 3 rings (SSSR count). The number of rotatable bonds is 5. The van der Waals surface area contributed by atoms with E-state index in [1.165, 1.54) is 29.7 Å². The van der Waals surface area contributed by atoms with Crippen molar-refractivity contribution in [2.75, 3.05) is 0 Å². The monoisotopic (exact) mass is 398 g/mol. The Bertz CT molecular complexity index is 1010. The average molecular weight is 399 g/mol. The van der Waals surface area contributed by atoms with Gasteiger partial charge in [-0.05, 0) is 29.6 Å². The van der Waals surface area contributed by atoms with E-state index in [-0.39, 0.29) is 22.1 Å². The Morgan fingerprint density at radius 2 is 2.16 bits per heavy atom. The zero-order valence-corrected chi connectivity index (χ0v) is 14.9. The number of ether oxygens (including phenoxy) is 1. The number of hydrogen-bond acceptors (Lipinski definition) is 7. The quantitative estimate of drug-likeness (QED) is 0.661. The predicted molar refractivity (Wildman–Crippen MR) is 91.8 cm³/mol. The molecule has 0 saturated heterocycles. The van der Waals surface area contributed by atoms with E-state index in [2.05, 4.69) is 4.98 Å². The van der Waals surface area contributed by atoms with Crippen molar-refractivity contribution in [1.29, 1.82) is 0 Å². The molecule has 7 nitrogen and oxygen atoms in total. The Morgan fingerprint density at radius 3 is 2.84 bits per heavy atom. The second-order valence-corrected chi connectivity index (χ2v) is 7.77. The van der Waals surface area contributed by atoms with Gasteiger partial charge in [-0.1, -0.05) is 17.7 Å². The van der Waals surface area contributed by atoms with Gasteiger partial charge in [0, 0.05) is 0 Å². The predicted octanol–water partition coefficient (Wildman–Crippen LogP) is 3.06. The van der Waals surface area contributed by atoms with E-state index in [4.69, 9.17) is 25.9 Å². The van der Waals surface area contributed by atoms with Crippen molar-refractivity contribution in [2.24, 2.45) is 5.14 Å². The van der Waals surface area contributed by atoms with Crippen LogP contribution in [0.2, 0.25) is 5.02 Å². The highest BCUT2D eigenvalue weighted by Crippen LogP contribution is 2.24. The molecule has 1 aromatic carbocycles. The highest BCUT2D eigenvalue weighted by molar-refractivity contribution is 7.89. The van der Waals surface area contributed by atoms with Crippen LogP contribution in [0.5, 0.6) is 0 Å². The van der Waals surface area contributed by atoms with Crippen molar-refractivity contribution in [3.05, 3.63) is 58.3 Å². The molecule has 0 saturated carbocycles. The molecule has 0 radical (unpaired) electrons. The second kappa shape index (κ2) is 6.96. The number of primary sulfonamides is 1. The summed E-state index contributed by atoms with van der Waals surface area (Å²) < 4.78 is 33.3. The Labute approximate surface area is 152 Å². The SMILES string of the molecule is NS(=O)(=O)c1cc(C(=O)OCc2coc(-c3cccs3)n2)ccc1Cl. The minimum Gasteiger partial charge on any atom is -0.455 e. The van der Waals surface area contributed by atoms with Gasteiger partial charge in [0.05, 0.1) is 15.5 Å². The lowest BCUT2D eigenvalue weighted by molar-refractivity contribution is 0.0467. The minimum atomic E-state index is -4.04. The van der Waals surface area contributed by atoms with Gasteiger partial charge in [0.25, 0.3) is 0 Å². The third-order valence-corrected chi connectivity index (χ3v) is 5.36. The van der Waals surface area contributed by atoms with Crippen molar-refractivity contribution in [2.45, 2.75) is 11.5 Å². The second-order valence-electron chi connectivity index (χ2n) is 4.89. The fraction of sp³-hybridized carbons (Fsp3) is 0.0667. The van der Waals surface area contributed by atoms with Gasteiger partial charge in [-0.25, -0.2) is 23.3 Å². The number of aromatic nitrogens is 1. The van der Waals surface area contributed by atoms with Crippen LogP contribution < -0.4 is 5.14 Å². The molecule has 0 atom stereocenters. The third-order valence-electron chi connectivity index (χ3n) is 3.11. The van der Waals surface area contributed by atoms with Gasteiger partial charge in [0.2, 0.25) is 15.9 Å². The fourth-order valence-electron chi connectivity index (χ4n) is 1.96. The Kier molecular flexibility index (Phi) is 4.91. The first-order valence-corrected chi connectivity index (χ1v) is 9.63. The number of benzene rings is 1. The smallest absolute Gasteiger partial charge is 0.338 e. The maximum atomic E-state index is 12.1. The zero-order chi connectivity index (χ0) is 18.0. The van der Waals surface area contributed by atoms with Gasteiger partial charge < -0.3 is 9.15 Å². The van der Waals surface area contributed by atoms with E-state index in [9.17, 15) is 13.2 Å². The van der Waals surface area contributed by atoms with Crippen LogP contribution in [-0.2, 0) is 21.4 Å². The van der Waals surface area contributed by atoms with Gasteiger partial charge in [0.15, 0.2) is 0 Å². The summed E-state index contributed by atoms with van der Waals surface area (Å²) >= 11 is 7.25. The van der Waals surface area contributed by atoms with Crippen LogP contribution in [0.25, 0.3) is 10.8 Å².